The van der Waals surface area contributed by atoms with E-state index in [1.807, 2.05) is 6.07 Å². The molecule has 1 aromatic heterocycles. The minimum Gasteiger partial charge on any atom is -0.490 e. The molecule has 136 valence electrons. The van der Waals surface area contributed by atoms with Crippen molar-refractivity contribution in [3.8, 4) is 11.8 Å². The van der Waals surface area contributed by atoms with Crippen LogP contribution in [0.3, 0.4) is 0 Å². The quantitative estimate of drug-likeness (QED) is 0.559. The number of carbonyl (C=O) groups excluding carboxylic acids is 1. The normalized spacial score (nSPS) is 10.8. The number of carbonyl (C=O) groups is 1. The van der Waals surface area contributed by atoms with Crippen LogP contribution in [0.2, 0.25) is 0 Å². The molecule has 2 aromatic rings. The molecule has 0 aliphatic rings. The number of thioether (sulfide) groups is 1. The third-order valence-corrected chi connectivity index (χ3v) is 3.78. The molecule has 0 bridgehead atoms. The number of hydrogen-bond acceptors (Lipinski definition) is 5. The molecule has 0 fully saturated rings. The Labute approximate surface area is 152 Å². The predicted octanol–water partition coefficient (Wildman–Crippen LogP) is 4.63. The smallest absolute Gasteiger partial charge is 0.446 e. The topological polar surface area (TPSA) is 75.0 Å². The van der Waals surface area contributed by atoms with Gasteiger partial charge in [0.15, 0.2) is 11.6 Å². The van der Waals surface area contributed by atoms with Gasteiger partial charge in [-0.05, 0) is 54.6 Å². The molecule has 9 heteroatoms. The van der Waals surface area contributed by atoms with Gasteiger partial charge in [0.25, 0.3) is 5.91 Å². The Morgan fingerprint density at radius 2 is 2.00 bits per heavy atom. The highest BCUT2D eigenvalue weighted by Gasteiger charge is 2.29. The maximum Gasteiger partial charge on any atom is 0.446 e. The Morgan fingerprint density at radius 1 is 1.27 bits per heavy atom. The highest BCUT2D eigenvalue weighted by molar-refractivity contribution is 8.00. The number of nitrogens with one attached hydrogen (secondary N) is 1. The van der Waals surface area contributed by atoms with E-state index in [0.29, 0.717) is 25.2 Å². The standard InChI is InChI=1S/C17H14F3N3O2S/c18-17(19,20)26-13-7-5-12(6-8-13)16(24)23-15-14(4-3-10-22-15)25-11-2-1-9-21/h3-8,10H,1-2,11H2,(H,22,23,24). The molecule has 0 saturated heterocycles. The third-order valence-electron chi connectivity index (χ3n) is 3.04. The zero-order valence-corrected chi connectivity index (χ0v) is 14.2. The molecule has 0 spiro atoms. The number of rotatable bonds is 7. The molecule has 1 heterocycles. The number of unbranched alkanes of at least 4 members (excludes halogenated alkanes) is 1. The molecule has 5 nitrogen and oxygen atoms in total. The van der Waals surface area contributed by atoms with Crippen molar-refractivity contribution in [1.82, 2.24) is 4.98 Å². The summed E-state index contributed by atoms with van der Waals surface area (Å²) in [5, 5.41) is 11.1. The summed E-state index contributed by atoms with van der Waals surface area (Å²) in [7, 11) is 0. The lowest BCUT2D eigenvalue weighted by atomic mass is 10.2. The summed E-state index contributed by atoms with van der Waals surface area (Å²) in [6.45, 7) is 0.297. The summed E-state index contributed by atoms with van der Waals surface area (Å²) in [5.74, 6) is 0.0281. The lowest BCUT2D eigenvalue weighted by molar-refractivity contribution is -0.0328. The first-order chi connectivity index (χ1) is 12.4. The van der Waals surface area contributed by atoms with E-state index < -0.39 is 11.4 Å². The average molecular weight is 381 g/mol. The number of alkyl halides is 3. The van der Waals surface area contributed by atoms with Gasteiger partial charge in [-0.15, -0.1) is 0 Å². The van der Waals surface area contributed by atoms with Crippen LogP contribution in [0.15, 0.2) is 47.5 Å². The second-order valence-corrected chi connectivity index (χ2v) is 6.13. The average Bonchev–Trinajstić information content (AvgIpc) is 2.59. The second kappa shape index (κ2) is 9.10. The van der Waals surface area contributed by atoms with Crippen LogP contribution in [0.1, 0.15) is 23.2 Å². The number of benzene rings is 1. The number of halogens is 3. The molecule has 0 saturated carbocycles. The van der Waals surface area contributed by atoms with Gasteiger partial charge in [-0.3, -0.25) is 4.79 Å². The predicted molar refractivity (Wildman–Crippen MR) is 90.9 cm³/mol. The zero-order valence-electron chi connectivity index (χ0n) is 13.4. The van der Waals surface area contributed by atoms with E-state index in [1.165, 1.54) is 30.5 Å². The van der Waals surface area contributed by atoms with E-state index in [1.54, 1.807) is 12.1 Å². The highest BCUT2D eigenvalue weighted by atomic mass is 32.2. The summed E-state index contributed by atoms with van der Waals surface area (Å²) in [6.07, 6.45) is 2.36. The lowest BCUT2D eigenvalue weighted by Gasteiger charge is -2.11. The van der Waals surface area contributed by atoms with Crippen LogP contribution < -0.4 is 10.1 Å². The van der Waals surface area contributed by atoms with Crippen LogP contribution in [0, 0.1) is 11.3 Å². The van der Waals surface area contributed by atoms with E-state index in [9.17, 15) is 18.0 Å². The van der Waals surface area contributed by atoms with Crippen LogP contribution in [0.25, 0.3) is 0 Å². The molecule has 1 aromatic carbocycles. The number of ether oxygens (including phenoxy) is 1. The molecule has 0 aliphatic heterocycles. The number of nitriles is 1. The minimum atomic E-state index is -4.38. The first kappa shape index (κ1) is 19.6. The van der Waals surface area contributed by atoms with Gasteiger partial charge in [0.1, 0.15) is 0 Å². The SMILES string of the molecule is N#CCCCOc1cccnc1NC(=O)c1ccc(SC(F)(F)F)cc1. The largest absolute Gasteiger partial charge is 0.490 e. The molecule has 0 atom stereocenters. The van der Waals surface area contributed by atoms with Crippen molar-refractivity contribution in [2.75, 3.05) is 11.9 Å². The van der Waals surface area contributed by atoms with Crippen molar-refractivity contribution in [3.63, 3.8) is 0 Å². The molecular weight excluding hydrogens is 367 g/mol. The van der Waals surface area contributed by atoms with Gasteiger partial charge < -0.3 is 10.1 Å². The van der Waals surface area contributed by atoms with Crippen molar-refractivity contribution in [1.29, 1.82) is 5.26 Å². The number of nitrogens with zero attached hydrogens (tertiary/aromatic N) is 2. The Hall–Kier alpha value is -2.73. The summed E-state index contributed by atoms with van der Waals surface area (Å²) < 4.78 is 42.5. The van der Waals surface area contributed by atoms with Crippen molar-refractivity contribution in [2.45, 2.75) is 23.2 Å². The van der Waals surface area contributed by atoms with Crippen molar-refractivity contribution >= 4 is 23.5 Å². The zero-order chi connectivity index (χ0) is 19.0. The lowest BCUT2D eigenvalue weighted by Crippen LogP contribution is -2.14. The second-order valence-electron chi connectivity index (χ2n) is 4.99. The van der Waals surface area contributed by atoms with Crippen LogP contribution in [0.4, 0.5) is 19.0 Å². The molecule has 1 N–H and O–H groups in total. The third kappa shape index (κ3) is 6.29. The van der Waals surface area contributed by atoms with E-state index in [-0.39, 0.29) is 28.0 Å². The van der Waals surface area contributed by atoms with E-state index >= 15 is 0 Å². The molecule has 2 rings (SSSR count). The van der Waals surface area contributed by atoms with Gasteiger partial charge in [0.2, 0.25) is 0 Å². The van der Waals surface area contributed by atoms with Gasteiger partial charge in [0, 0.05) is 23.1 Å². The monoisotopic (exact) mass is 381 g/mol. The number of aromatic nitrogens is 1. The van der Waals surface area contributed by atoms with Crippen LogP contribution in [0.5, 0.6) is 5.75 Å². The first-order valence-electron chi connectivity index (χ1n) is 7.51. The van der Waals surface area contributed by atoms with Gasteiger partial charge >= 0.3 is 5.51 Å². The fourth-order valence-electron chi connectivity index (χ4n) is 1.92. The summed E-state index contributed by atoms with van der Waals surface area (Å²) in [4.78, 5) is 16.3. The molecular formula is C17H14F3N3O2S. The van der Waals surface area contributed by atoms with Gasteiger partial charge in [-0.1, -0.05) is 0 Å². The number of anilines is 1. The summed E-state index contributed by atoms with van der Waals surface area (Å²) in [5.41, 5.74) is -4.19. The van der Waals surface area contributed by atoms with Crippen LogP contribution in [-0.4, -0.2) is 23.0 Å². The van der Waals surface area contributed by atoms with E-state index in [2.05, 4.69) is 10.3 Å². The van der Waals surface area contributed by atoms with Crippen molar-refractivity contribution in [3.05, 3.63) is 48.2 Å². The Balaban J connectivity index is 2.02. The fourth-order valence-corrected chi connectivity index (χ4v) is 2.46. The minimum absolute atomic E-state index is 0.00611. The Bertz CT molecular complexity index is 789. The molecule has 0 radical (unpaired) electrons. The van der Waals surface area contributed by atoms with Crippen molar-refractivity contribution < 1.29 is 22.7 Å². The Kier molecular flexibility index (Phi) is 6.86. The maximum atomic E-state index is 12.3. The van der Waals surface area contributed by atoms with Gasteiger partial charge in [-0.2, -0.15) is 18.4 Å². The molecule has 26 heavy (non-hydrogen) atoms. The van der Waals surface area contributed by atoms with Crippen LogP contribution >= 0.6 is 11.8 Å². The number of pyridine rings is 1. The Morgan fingerprint density at radius 3 is 2.65 bits per heavy atom. The number of hydrogen-bond donors (Lipinski definition) is 1. The summed E-state index contributed by atoms with van der Waals surface area (Å²) in [6, 6.07) is 10.3. The number of amides is 1. The van der Waals surface area contributed by atoms with Gasteiger partial charge in [-0.25, -0.2) is 4.98 Å². The molecule has 0 unspecified atom stereocenters. The van der Waals surface area contributed by atoms with E-state index in [4.69, 9.17) is 10.00 Å². The van der Waals surface area contributed by atoms with Crippen molar-refractivity contribution in [2.24, 2.45) is 0 Å². The van der Waals surface area contributed by atoms with Crippen LogP contribution in [-0.2, 0) is 0 Å². The maximum absolute atomic E-state index is 12.3. The first-order valence-corrected chi connectivity index (χ1v) is 8.32. The fraction of sp³-hybridized carbons (Fsp3) is 0.235. The highest BCUT2D eigenvalue weighted by Crippen LogP contribution is 2.36. The van der Waals surface area contributed by atoms with Gasteiger partial charge in [0.05, 0.1) is 12.7 Å². The van der Waals surface area contributed by atoms with E-state index in [0.717, 1.165) is 0 Å². The molecule has 1 amide bonds. The molecule has 0 aliphatic carbocycles. The summed E-state index contributed by atoms with van der Waals surface area (Å²) >= 11 is -0.246.